The van der Waals surface area contributed by atoms with E-state index in [2.05, 4.69) is 5.32 Å². The summed E-state index contributed by atoms with van der Waals surface area (Å²) in [4.78, 5) is 24.3. The molecule has 0 bridgehead atoms. The fraction of sp³-hybridized carbons (Fsp3) is 0.533. The standard InChI is InChI=1S/C15H21N3O4/c1-11-5-6-12(8-14(11)18(20)21)16-15(19)10-17(2)9-13-4-3-7-22-13/h5-6,8,13H,3-4,7,9-10H2,1-2H3,(H,16,19)/t13-/m1/s1. The molecule has 2 rings (SSSR count). The monoisotopic (exact) mass is 307 g/mol. The Bertz CT molecular complexity index is 556. The molecule has 7 heteroatoms. The van der Waals surface area contributed by atoms with E-state index in [0.29, 0.717) is 17.8 Å². The van der Waals surface area contributed by atoms with Crippen molar-refractivity contribution in [3.63, 3.8) is 0 Å². The molecule has 7 nitrogen and oxygen atoms in total. The molecule has 0 aromatic heterocycles. The van der Waals surface area contributed by atoms with Gasteiger partial charge in [-0.2, -0.15) is 0 Å². The maximum Gasteiger partial charge on any atom is 0.274 e. The minimum atomic E-state index is -0.450. The Balaban J connectivity index is 1.88. The molecule has 1 aromatic rings. The van der Waals surface area contributed by atoms with Crippen molar-refractivity contribution in [2.45, 2.75) is 25.9 Å². The molecule has 0 saturated carbocycles. The summed E-state index contributed by atoms with van der Waals surface area (Å²) in [5.74, 6) is -0.196. The van der Waals surface area contributed by atoms with Gasteiger partial charge in [0.15, 0.2) is 0 Å². The highest BCUT2D eigenvalue weighted by Crippen LogP contribution is 2.22. The van der Waals surface area contributed by atoms with Crippen molar-refractivity contribution in [1.29, 1.82) is 0 Å². The Morgan fingerprint density at radius 3 is 2.95 bits per heavy atom. The number of nitrogens with one attached hydrogen (secondary N) is 1. The Morgan fingerprint density at radius 2 is 2.32 bits per heavy atom. The van der Waals surface area contributed by atoms with Gasteiger partial charge in [0.05, 0.1) is 17.6 Å². The van der Waals surface area contributed by atoms with Gasteiger partial charge in [0.1, 0.15) is 0 Å². The van der Waals surface area contributed by atoms with Crippen LogP contribution in [-0.4, -0.2) is 48.6 Å². The van der Waals surface area contributed by atoms with Crippen LogP contribution in [0.1, 0.15) is 18.4 Å². The number of hydrogen-bond acceptors (Lipinski definition) is 5. The van der Waals surface area contributed by atoms with Crippen LogP contribution < -0.4 is 5.32 Å². The third-order valence-electron chi connectivity index (χ3n) is 3.64. The number of nitro groups is 1. The zero-order valence-corrected chi connectivity index (χ0v) is 12.9. The lowest BCUT2D eigenvalue weighted by Gasteiger charge is -2.19. The SMILES string of the molecule is Cc1ccc(NC(=O)CN(C)C[C@H]2CCCO2)cc1[N+](=O)[O-]. The van der Waals surface area contributed by atoms with Crippen LogP contribution in [0.4, 0.5) is 11.4 Å². The number of rotatable bonds is 6. The number of carbonyl (C=O) groups excluding carboxylic acids is 1. The maximum absolute atomic E-state index is 12.0. The van der Waals surface area contributed by atoms with Crippen molar-refractivity contribution < 1.29 is 14.5 Å². The highest BCUT2D eigenvalue weighted by molar-refractivity contribution is 5.92. The fourth-order valence-electron chi connectivity index (χ4n) is 2.53. The highest BCUT2D eigenvalue weighted by Gasteiger charge is 2.19. The van der Waals surface area contributed by atoms with Gasteiger partial charge >= 0.3 is 0 Å². The molecule has 0 aliphatic carbocycles. The molecule has 1 N–H and O–H groups in total. The largest absolute Gasteiger partial charge is 0.377 e. The summed E-state index contributed by atoms with van der Waals surface area (Å²) in [6.07, 6.45) is 2.28. The van der Waals surface area contributed by atoms with Gasteiger partial charge in [0.2, 0.25) is 5.91 Å². The summed E-state index contributed by atoms with van der Waals surface area (Å²) in [7, 11) is 1.86. The van der Waals surface area contributed by atoms with Crippen molar-refractivity contribution in [1.82, 2.24) is 4.90 Å². The van der Waals surface area contributed by atoms with Crippen LogP contribution in [0, 0.1) is 17.0 Å². The lowest BCUT2D eigenvalue weighted by atomic mass is 10.2. The van der Waals surface area contributed by atoms with E-state index in [1.807, 2.05) is 11.9 Å². The normalized spacial score (nSPS) is 17.7. The van der Waals surface area contributed by atoms with Crippen molar-refractivity contribution in [2.24, 2.45) is 0 Å². The highest BCUT2D eigenvalue weighted by atomic mass is 16.6. The molecule has 1 aromatic carbocycles. The lowest BCUT2D eigenvalue weighted by molar-refractivity contribution is -0.385. The van der Waals surface area contributed by atoms with Gasteiger partial charge < -0.3 is 10.1 Å². The molecule has 1 aliphatic heterocycles. The second-order valence-corrected chi connectivity index (χ2v) is 5.64. The molecular weight excluding hydrogens is 286 g/mol. The van der Waals surface area contributed by atoms with Gasteiger partial charge in [-0.1, -0.05) is 6.07 Å². The number of carbonyl (C=O) groups is 1. The molecule has 120 valence electrons. The molecule has 1 heterocycles. The Morgan fingerprint density at radius 1 is 1.55 bits per heavy atom. The zero-order chi connectivity index (χ0) is 16.1. The van der Waals surface area contributed by atoms with E-state index in [1.54, 1.807) is 19.1 Å². The van der Waals surface area contributed by atoms with Gasteiger partial charge in [-0.05, 0) is 32.9 Å². The number of nitro benzene ring substituents is 1. The van der Waals surface area contributed by atoms with Crippen LogP contribution in [0.2, 0.25) is 0 Å². The first-order chi connectivity index (χ1) is 10.5. The summed E-state index contributed by atoms with van der Waals surface area (Å²) < 4.78 is 5.53. The van der Waals surface area contributed by atoms with E-state index in [1.165, 1.54) is 6.07 Å². The summed E-state index contributed by atoms with van der Waals surface area (Å²) in [5, 5.41) is 13.6. The van der Waals surface area contributed by atoms with Gasteiger partial charge in [-0.25, -0.2) is 0 Å². The van der Waals surface area contributed by atoms with Crippen LogP contribution in [0.15, 0.2) is 18.2 Å². The fourth-order valence-corrected chi connectivity index (χ4v) is 2.53. The second kappa shape index (κ2) is 7.33. The van der Waals surface area contributed by atoms with Gasteiger partial charge in [-0.15, -0.1) is 0 Å². The first-order valence-electron chi connectivity index (χ1n) is 7.31. The molecule has 0 radical (unpaired) electrons. The predicted molar refractivity (Wildman–Crippen MR) is 82.9 cm³/mol. The molecule has 1 atom stereocenters. The summed E-state index contributed by atoms with van der Waals surface area (Å²) >= 11 is 0. The molecule has 1 aliphatic rings. The van der Waals surface area contributed by atoms with E-state index in [9.17, 15) is 14.9 Å². The molecular formula is C15H21N3O4. The van der Waals surface area contributed by atoms with Gasteiger partial charge in [0, 0.05) is 30.5 Å². The number of aryl methyl sites for hydroxylation is 1. The molecule has 0 spiro atoms. The molecule has 1 fully saturated rings. The molecule has 22 heavy (non-hydrogen) atoms. The lowest BCUT2D eigenvalue weighted by Crippen LogP contribution is -2.35. The molecule has 1 amide bonds. The topological polar surface area (TPSA) is 84.7 Å². The minimum absolute atomic E-state index is 0.00510. The third kappa shape index (κ3) is 4.51. The van der Waals surface area contributed by atoms with Crippen molar-refractivity contribution >= 4 is 17.3 Å². The first-order valence-corrected chi connectivity index (χ1v) is 7.31. The van der Waals surface area contributed by atoms with E-state index < -0.39 is 4.92 Å². The number of ether oxygens (including phenoxy) is 1. The number of anilines is 1. The van der Waals surface area contributed by atoms with Crippen LogP contribution in [-0.2, 0) is 9.53 Å². The van der Waals surface area contributed by atoms with Crippen LogP contribution in [0.5, 0.6) is 0 Å². The smallest absolute Gasteiger partial charge is 0.274 e. The Hall–Kier alpha value is -1.99. The number of hydrogen-bond donors (Lipinski definition) is 1. The van der Waals surface area contributed by atoms with Gasteiger partial charge in [0.25, 0.3) is 5.69 Å². The Kier molecular flexibility index (Phi) is 5.46. The van der Waals surface area contributed by atoms with E-state index in [-0.39, 0.29) is 24.2 Å². The van der Waals surface area contributed by atoms with Crippen LogP contribution >= 0.6 is 0 Å². The van der Waals surface area contributed by atoms with Crippen LogP contribution in [0.3, 0.4) is 0 Å². The number of amides is 1. The molecule has 0 unspecified atom stereocenters. The predicted octanol–water partition coefficient (Wildman–Crippen LogP) is 1.95. The van der Waals surface area contributed by atoms with Gasteiger partial charge in [-0.3, -0.25) is 19.8 Å². The minimum Gasteiger partial charge on any atom is -0.377 e. The number of benzene rings is 1. The average Bonchev–Trinajstić information content (AvgIpc) is 2.93. The van der Waals surface area contributed by atoms with E-state index in [4.69, 9.17) is 4.74 Å². The molecule has 1 saturated heterocycles. The summed E-state index contributed by atoms with van der Waals surface area (Å²) in [6.45, 7) is 3.39. The van der Waals surface area contributed by atoms with Crippen LogP contribution in [0.25, 0.3) is 0 Å². The maximum atomic E-state index is 12.0. The average molecular weight is 307 g/mol. The van der Waals surface area contributed by atoms with Crippen molar-refractivity contribution in [2.75, 3.05) is 32.1 Å². The van der Waals surface area contributed by atoms with Crippen molar-refractivity contribution in [3.8, 4) is 0 Å². The summed E-state index contributed by atoms with van der Waals surface area (Å²) in [5.41, 5.74) is 1.01. The summed E-state index contributed by atoms with van der Waals surface area (Å²) in [6, 6.07) is 4.68. The third-order valence-corrected chi connectivity index (χ3v) is 3.64. The number of nitrogens with zero attached hydrogens (tertiary/aromatic N) is 2. The second-order valence-electron chi connectivity index (χ2n) is 5.64. The zero-order valence-electron chi connectivity index (χ0n) is 12.9. The Labute approximate surface area is 129 Å². The number of likely N-dealkylation sites (N-methyl/N-ethyl adjacent to an activating group) is 1. The van der Waals surface area contributed by atoms with E-state index in [0.717, 1.165) is 19.4 Å². The first kappa shape index (κ1) is 16.4. The quantitative estimate of drug-likeness (QED) is 0.641. The van der Waals surface area contributed by atoms with Crippen molar-refractivity contribution in [3.05, 3.63) is 33.9 Å². The van der Waals surface area contributed by atoms with E-state index >= 15 is 0 Å².